The van der Waals surface area contributed by atoms with Gasteiger partial charge in [0, 0.05) is 33.0 Å². The minimum atomic E-state index is 0.0272. The van der Waals surface area contributed by atoms with Gasteiger partial charge in [-0.3, -0.25) is 0 Å². The molecule has 0 radical (unpaired) electrons. The second kappa shape index (κ2) is 21.5. The average Bonchev–Trinajstić information content (AvgIpc) is 3.00. The van der Waals surface area contributed by atoms with E-state index in [1.807, 2.05) is 0 Å². The summed E-state index contributed by atoms with van der Waals surface area (Å²) in [5.41, 5.74) is 1.38. The molecule has 0 aromatic heterocycles. The van der Waals surface area contributed by atoms with E-state index in [9.17, 15) is 0 Å². The summed E-state index contributed by atoms with van der Waals surface area (Å²) in [5.74, 6) is 1.49. The van der Waals surface area contributed by atoms with Gasteiger partial charge in [-0.25, -0.2) is 0 Å². The van der Waals surface area contributed by atoms with Crippen LogP contribution in [0.5, 0.6) is 5.75 Å². The zero-order chi connectivity index (χ0) is 28.1. The van der Waals surface area contributed by atoms with E-state index in [1.165, 1.54) is 44.1 Å². The van der Waals surface area contributed by atoms with Crippen molar-refractivity contribution >= 4 is 0 Å². The minimum absolute atomic E-state index is 0.0272. The molecule has 2 aliphatic heterocycles. The van der Waals surface area contributed by atoms with Gasteiger partial charge < -0.3 is 28.4 Å². The molecule has 0 aliphatic carbocycles. The smallest absolute Gasteiger partial charge is 0.157 e. The lowest BCUT2D eigenvalue weighted by molar-refractivity contribution is -0.163. The predicted molar refractivity (Wildman–Crippen MR) is 161 cm³/mol. The number of benzene rings is 1. The highest BCUT2D eigenvalue weighted by Gasteiger charge is 2.15. The van der Waals surface area contributed by atoms with Gasteiger partial charge in [-0.15, -0.1) is 0 Å². The summed E-state index contributed by atoms with van der Waals surface area (Å²) in [6, 6.07) is 8.70. The molecular formula is C34H58O6. The van der Waals surface area contributed by atoms with E-state index in [0.29, 0.717) is 12.0 Å². The Morgan fingerprint density at radius 3 is 1.85 bits per heavy atom. The van der Waals surface area contributed by atoms with Crippen LogP contribution >= 0.6 is 0 Å². The van der Waals surface area contributed by atoms with Crippen LogP contribution in [0.2, 0.25) is 0 Å². The first kappa shape index (κ1) is 33.3. The highest BCUT2D eigenvalue weighted by molar-refractivity contribution is 5.29. The van der Waals surface area contributed by atoms with Crippen molar-refractivity contribution in [2.75, 3.05) is 39.6 Å². The maximum atomic E-state index is 6.22. The highest BCUT2D eigenvalue weighted by Crippen LogP contribution is 2.25. The first-order chi connectivity index (χ1) is 19.7. The minimum Gasteiger partial charge on any atom is -0.494 e. The molecule has 3 rings (SSSR count). The van der Waals surface area contributed by atoms with Gasteiger partial charge in [-0.2, -0.15) is 0 Å². The highest BCUT2D eigenvalue weighted by atomic mass is 16.7. The van der Waals surface area contributed by atoms with Crippen LogP contribution in [0.1, 0.15) is 128 Å². The van der Waals surface area contributed by atoms with Gasteiger partial charge in [0.15, 0.2) is 12.6 Å². The lowest BCUT2D eigenvalue weighted by Crippen LogP contribution is -2.22. The quantitative estimate of drug-likeness (QED) is 0.132. The molecule has 2 fully saturated rings. The fraction of sp³-hybridized carbons (Fsp3) is 0.824. The van der Waals surface area contributed by atoms with E-state index in [-0.39, 0.29) is 12.6 Å². The van der Waals surface area contributed by atoms with Gasteiger partial charge in [-0.1, -0.05) is 38.8 Å². The maximum absolute atomic E-state index is 6.22. The lowest BCUT2D eigenvalue weighted by Gasteiger charge is -2.22. The molecule has 4 atom stereocenters. The molecule has 6 heteroatoms. The molecule has 0 N–H and O–H groups in total. The summed E-state index contributed by atoms with van der Waals surface area (Å²) >= 11 is 0. The Kier molecular flexibility index (Phi) is 17.9. The van der Waals surface area contributed by atoms with E-state index in [0.717, 1.165) is 110 Å². The Balaban J connectivity index is 1.16. The van der Waals surface area contributed by atoms with Crippen LogP contribution in [0.4, 0.5) is 0 Å². The Labute approximate surface area is 244 Å². The first-order valence-electron chi connectivity index (χ1n) is 16.6. The molecule has 0 amide bonds. The molecule has 6 nitrogen and oxygen atoms in total. The molecule has 2 saturated heterocycles. The maximum Gasteiger partial charge on any atom is 0.157 e. The van der Waals surface area contributed by atoms with Crippen LogP contribution in [-0.2, 0) is 23.7 Å². The molecule has 1 aromatic carbocycles. The summed E-state index contributed by atoms with van der Waals surface area (Å²) in [6.07, 6.45) is 18.6. The van der Waals surface area contributed by atoms with E-state index >= 15 is 0 Å². The van der Waals surface area contributed by atoms with Gasteiger partial charge in [-0.05, 0) is 114 Å². The second-order valence-electron chi connectivity index (χ2n) is 11.6. The van der Waals surface area contributed by atoms with Crippen LogP contribution < -0.4 is 4.74 Å². The number of ether oxygens (including phenoxy) is 6. The van der Waals surface area contributed by atoms with Crippen molar-refractivity contribution in [3.05, 3.63) is 29.8 Å². The van der Waals surface area contributed by atoms with Crippen LogP contribution in [0.25, 0.3) is 0 Å². The Hall–Kier alpha value is -1.18. The third-order valence-electron chi connectivity index (χ3n) is 8.16. The number of hydrogen-bond acceptors (Lipinski definition) is 6. The summed E-state index contributed by atoms with van der Waals surface area (Å²) in [7, 11) is 0. The van der Waals surface area contributed by atoms with Crippen molar-refractivity contribution in [2.24, 2.45) is 0 Å². The SMILES string of the molecule is CCC(CCC(C)c1ccc(OCCCCCOC2CCCCO2)cc1)OCCCCCCOC1CCCCO1. The summed E-state index contributed by atoms with van der Waals surface area (Å²) in [4.78, 5) is 0. The summed E-state index contributed by atoms with van der Waals surface area (Å²) in [6.45, 7) is 9.50. The monoisotopic (exact) mass is 562 g/mol. The molecule has 230 valence electrons. The molecular weight excluding hydrogens is 504 g/mol. The number of hydrogen-bond donors (Lipinski definition) is 0. The molecule has 0 spiro atoms. The third-order valence-corrected chi connectivity index (χ3v) is 8.16. The van der Waals surface area contributed by atoms with Crippen LogP contribution in [0.15, 0.2) is 24.3 Å². The van der Waals surface area contributed by atoms with Crippen LogP contribution in [-0.4, -0.2) is 58.3 Å². The summed E-state index contributed by atoms with van der Waals surface area (Å²) < 4.78 is 35.1. The molecule has 40 heavy (non-hydrogen) atoms. The molecule has 1 aromatic rings. The normalized spacial score (nSPS) is 21.2. The van der Waals surface area contributed by atoms with Crippen molar-refractivity contribution < 1.29 is 28.4 Å². The standard InChI is InChI=1S/C34H58O6/c1-3-31(35-23-9-4-5-10-25-37-33-15-7-13-27-39-33)20-17-29(2)30-18-21-32(22-19-30)36-24-11-6-12-26-38-34-16-8-14-28-40-34/h18-19,21-22,29,31,33-34H,3-17,20,23-28H2,1-2H3. The second-order valence-corrected chi connectivity index (χ2v) is 11.6. The van der Waals surface area contributed by atoms with Crippen LogP contribution in [0, 0.1) is 0 Å². The van der Waals surface area contributed by atoms with Gasteiger partial charge in [0.1, 0.15) is 5.75 Å². The van der Waals surface area contributed by atoms with Gasteiger partial charge >= 0.3 is 0 Å². The largest absolute Gasteiger partial charge is 0.494 e. The van der Waals surface area contributed by atoms with E-state index in [4.69, 9.17) is 28.4 Å². The fourth-order valence-electron chi connectivity index (χ4n) is 5.39. The molecule has 4 unspecified atom stereocenters. The fourth-order valence-corrected chi connectivity index (χ4v) is 5.39. The molecule has 2 aliphatic rings. The Bertz CT molecular complexity index is 714. The van der Waals surface area contributed by atoms with Crippen molar-refractivity contribution in [1.82, 2.24) is 0 Å². The molecule has 0 bridgehead atoms. The average molecular weight is 563 g/mol. The Morgan fingerprint density at radius 2 is 1.27 bits per heavy atom. The van der Waals surface area contributed by atoms with Crippen molar-refractivity contribution in [3.8, 4) is 5.75 Å². The van der Waals surface area contributed by atoms with Crippen molar-refractivity contribution in [3.63, 3.8) is 0 Å². The molecule has 0 saturated carbocycles. The van der Waals surface area contributed by atoms with Gasteiger partial charge in [0.25, 0.3) is 0 Å². The third kappa shape index (κ3) is 14.6. The van der Waals surface area contributed by atoms with Crippen LogP contribution in [0.3, 0.4) is 0 Å². The number of unbranched alkanes of at least 4 members (excludes halogenated alkanes) is 5. The van der Waals surface area contributed by atoms with Gasteiger partial charge in [0.2, 0.25) is 0 Å². The first-order valence-corrected chi connectivity index (χ1v) is 16.6. The zero-order valence-corrected chi connectivity index (χ0v) is 25.6. The van der Waals surface area contributed by atoms with Crippen molar-refractivity contribution in [2.45, 2.75) is 141 Å². The topological polar surface area (TPSA) is 55.4 Å². The van der Waals surface area contributed by atoms with E-state index in [1.54, 1.807) is 0 Å². The lowest BCUT2D eigenvalue weighted by atomic mass is 9.94. The van der Waals surface area contributed by atoms with E-state index in [2.05, 4.69) is 38.1 Å². The van der Waals surface area contributed by atoms with E-state index < -0.39 is 0 Å². The predicted octanol–water partition coefficient (Wildman–Crippen LogP) is 8.56. The van der Waals surface area contributed by atoms with Crippen molar-refractivity contribution in [1.29, 1.82) is 0 Å². The number of rotatable bonds is 22. The Morgan fingerprint density at radius 1 is 0.700 bits per heavy atom. The molecule has 2 heterocycles. The summed E-state index contributed by atoms with van der Waals surface area (Å²) in [5, 5.41) is 0. The zero-order valence-electron chi connectivity index (χ0n) is 25.6. The van der Waals surface area contributed by atoms with Gasteiger partial charge in [0.05, 0.1) is 12.7 Å².